The zero-order valence-corrected chi connectivity index (χ0v) is 13.4. The molecule has 126 valence electrons. The van der Waals surface area contributed by atoms with Gasteiger partial charge in [0.1, 0.15) is 11.5 Å². The lowest BCUT2D eigenvalue weighted by Gasteiger charge is -2.17. The number of nitro groups is 1. The van der Waals surface area contributed by atoms with Crippen LogP contribution in [-0.2, 0) is 4.79 Å². The highest BCUT2D eigenvalue weighted by Gasteiger charge is 2.19. The molecule has 0 radical (unpaired) electrons. The fraction of sp³-hybridized carbons (Fsp3) is 0.235. The van der Waals surface area contributed by atoms with Crippen LogP contribution in [-0.4, -0.2) is 24.0 Å². The smallest absolute Gasteiger partial charge is 0.271 e. The van der Waals surface area contributed by atoms with Crippen LogP contribution in [0.15, 0.2) is 48.5 Å². The monoisotopic (exact) mass is 330 g/mol. The SMILES string of the molecule is CC[C@H](Oc1cccc(OC)c1)C(=O)Nc1cccc([N+](=O)[O-])c1. The van der Waals surface area contributed by atoms with E-state index in [4.69, 9.17) is 9.47 Å². The predicted octanol–water partition coefficient (Wildman–Crippen LogP) is 3.40. The Morgan fingerprint density at radius 2 is 1.92 bits per heavy atom. The van der Waals surface area contributed by atoms with Gasteiger partial charge in [0.25, 0.3) is 11.6 Å². The van der Waals surface area contributed by atoms with Crippen molar-refractivity contribution in [2.24, 2.45) is 0 Å². The van der Waals surface area contributed by atoms with E-state index in [9.17, 15) is 14.9 Å². The van der Waals surface area contributed by atoms with Gasteiger partial charge in [0.15, 0.2) is 6.10 Å². The third-order valence-corrected chi connectivity index (χ3v) is 3.31. The van der Waals surface area contributed by atoms with Crippen molar-refractivity contribution in [1.82, 2.24) is 0 Å². The molecule has 2 aromatic rings. The number of hydrogen-bond donors (Lipinski definition) is 1. The maximum Gasteiger partial charge on any atom is 0.271 e. The molecule has 0 aliphatic carbocycles. The summed E-state index contributed by atoms with van der Waals surface area (Å²) >= 11 is 0. The van der Waals surface area contributed by atoms with E-state index in [0.717, 1.165) is 0 Å². The summed E-state index contributed by atoms with van der Waals surface area (Å²) < 4.78 is 10.8. The van der Waals surface area contributed by atoms with E-state index in [1.54, 1.807) is 37.4 Å². The van der Waals surface area contributed by atoms with E-state index < -0.39 is 11.0 Å². The van der Waals surface area contributed by atoms with E-state index in [-0.39, 0.29) is 11.6 Å². The molecule has 7 heteroatoms. The number of methoxy groups -OCH3 is 1. The molecule has 0 aromatic heterocycles. The zero-order valence-electron chi connectivity index (χ0n) is 13.4. The Morgan fingerprint density at radius 3 is 2.58 bits per heavy atom. The Hall–Kier alpha value is -3.09. The average molecular weight is 330 g/mol. The van der Waals surface area contributed by atoms with Gasteiger partial charge >= 0.3 is 0 Å². The third kappa shape index (κ3) is 4.45. The first-order valence-corrected chi connectivity index (χ1v) is 7.39. The molecule has 0 spiro atoms. The van der Waals surface area contributed by atoms with Crippen molar-refractivity contribution in [2.75, 3.05) is 12.4 Å². The standard InChI is InChI=1S/C17H18N2O5/c1-3-16(24-15-9-5-8-14(11-15)23-2)17(20)18-12-6-4-7-13(10-12)19(21)22/h4-11,16H,3H2,1-2H3,(H,18,20)/t16-/m0/s1. The van der Waals surface area contributed by atoms with Gasteiger partial charge in [-0.2, -0.15) is 0 Å². The van der Waals surface area contributed by atoms with Crippen LogP contribution in [0.1, 0.15) is 13.3 Å². The summed E-state index contributed by atoms with van der Waals surface area (Å²) in [5, 5.41) is 13.4. The number of anilines is 1. The minimum atomic E-state index is -0.726. The summed E-state index contributed by atoms with van der Waals surface area (Å²) in [7, 11) is 1.55. The maximum absolute atomic E-state index is 12.3. The molecular formula is C17H18N2O5. The minimum Gasteiger partial charge on any atom is -0.497 e. The minimum absolute atomic E-state index is 0.0884. The second-order valence-corrected chi connectivity index (χ2v) is 4.99. The maximum atomic E-state index is 12.3. The second-order valence-electron chi connectivity index (χ2n) is 4.99. The molecule has 1 atom stereocenters. The molecule has 0 saturated heterocycles. The highest BCUT2D eigenvalue weighted by molar-refractivity contribution is 5.94. The van der Waals surface area contributed by atoms with E-state index >= 15 is 0 Å². The van der Waals surface area contributed by atoms with Gasteiger partial charge in [0.05, 0.1) is 12.0 Å². The second kappa shape index (κ2) is 7.96. The summed E-state index contributed by atoms with van der Waals surface area (Å²) in [4.78, 5) is 22.6. The highest BCUT2D eigenvalue weighted by atomic mass is 16.6. The fourth-order valence-electron chi connectivity index (χ4n) is 2.08. The number of nitrogens with zero attached hydrogens (tertiary/aromatic N) is 1. The molecule has 0 aliphatic rings. The number of hydrogen-bond acceptors (Lipinski definition) is 5. The van der Waals surface area contributed by atoms with Gasteiger partial charge in [-0.25, -0.2) is 0 Å². The Balaban J connectivity index is 2.08. The molecule has 0 unspecified atom stereocenters. The van der Waals surface area contributed by atoms with Crippen LogP contribution in [0.2, 0.25) is 0 Å². The summed E-state index contributed by atoms with van der Waals surface area (Å²) in [5.74, 6) is 0.762. The number of carbonyl (C=O) groups excluding carboxylic acids is 1. The fourth-order valence-corrected chi connectivity index (χ4v) is 2.08. The van der Waals surface area contributed by atoms with Crippen molar-refractivity contribution < 1.29 is 19.2 Å². The Bertz CT molecular complexity index is 732. The molecule has 0 fully saturated rings. The van der Waals surface area contributed by atoms with Crippen molar-refractivity contribution in [3.05, 3.63) is 58.6 Å². The topological polar surface area (TPSA) is 90.7 Å². The zero-order chi connectivity index (χ0) is 17.5. The van der Waals surface area contributed by atoms with Crippen molar-refractivity contribution in [2.45, 2.75) is 19.4 Å². The molecule has 0 heterocycles. The van der Waals surface area contributed by atoms with Crippen LogP contribution in [0.4, 0.5) is 11.4 Å². The summed E-state index contributed by atoms with van der Waals surface area (Å²) in [6.45, 7) is 1.82. The summed E-state index contributed by atoms with van der Waals surface area (Å²) in [6, 6.07) is 12.7. The molecule has 2 aromatic carbocycles. The van der Waals surface area contributed by atoms with Crippen LogP contribution in [0.3, 0.4) is 0 Å². The summed E-state index contributed by atoms with van der Waals surface area (Å²) in [6.07, 6.45) is -0.283. The van der Waals surface area contributed by atoms with Gasteiger partial charge in [-0.1, -0.05) is 19.1 Å². The van der Waals surface area contributed by atoms with Gasteiger partial charge in [-0.05, 0) is 24.6 Å². The number of ether oxygens (including phenoxy) is 2. The van der Waals surface area contributed by atoms with E-state index in [1.165, 1.54) is 18.2 Å². The molecule has 0 saturated carbocycles. The number of benzene rings is 2. The molecular weight excluding hydrogens is 312 g/mol. The largest absolute Gasteiger partial charge is 0.497 e. The lowest BCUT2D eigenvalue weighted by atomic mass is 10.2. The number of non-ortho nitro benzene ring substituents is 1. The van der Waals surface area contributed by atoms with E-state index in [2.05, 4.69) is 5.32 Å². The van der Waals surface area contributed by atoms with Crippen molar-refractivity contribution in [3.63, 3.8) is 0 Å². The lowest BCUT2D eigenvalue weighted by Crippen LogP contribution is -2.32. The molecule has 1 amide bonds. The van der Waals surface area contributed by atoms with Crippen LogP contribution in [0, 0.1) is 10.1 Å². The summed E-state index contributed by atoms with van der Waals surface area (Å²) in [5.41, 5.74) is 0.261. The number of amides is 1. The van der Waals surface area contributed by atoms with Crippen molar-refractivity contribution >= 4 is 17.3 Å². The number of nitrogens with one attached hydrogen (secondary N) is 1. The van der Waals surface area contributed by atoms with Gasteiger partial charge in [-0.3, -0.25) is 14.9 Å². The van der Waals surface area contributed by atoms with E-state index in [0.29, 0.717) is 23.6 Å². The van der Waals surface area contributed by atoms with Crippen LogP contribution < -0.4 is 14.8 Å². The first-order valence-electron chi connectivity index (χ1n) is 7.39. The highest BCUT2D eigenvalue weighted by Crippen LogP contribution is 2.22. The predicted molar refractivity (Wildman–Crippen MR) is 89.4 cm³/mol. The molecule has 24 heavy (non-hydrogen) atoms. The molecule has 0 aliphatic heterocycles. The normalized spacial score (nSPS) is 11.4. The molecule has 7 nitrogen and oxygen atoms in total. The first kappa shape index (κ1) is 17.3. The third-order valence-electron chi connectivity index (χ3n) is 3.31. The van der Waals surface area contributed by atoms with Crippen LogP contribution >= 0.6 is 0 Å². The molecule has 0 bridgehead atoms. The quantitative estimate of drug-likeness (QED) is 0.620. The first-order chi connectivity index (χ1) is 11.5. The van der Waals surface area contributed by atoms with Gasteiger partial charge in [0.2, 0.25) is 0 Å². The van der Waals surface area contributed by atoms with Crippen molar-refractivity contribution in [1.29, 1.82) is 0 Å². The molecule has 2 rings (SSSR count). The van der Waals surface area contributed by atoms with Gasteiger partial charge < -0.3 is 14.8 Å². The number of rotatable bonds is 7. The van der Waals surface area contributed by atoms with Gasteiger partial charge in [-0.15, -0.1) is 0 Å². The number of carbonyl (C=O) groups is 1. The van der Waals surface area contributed by atoms with Gasteiger partial charge in [0, 0.05) is 23.9 Å². The van der Waals surface area contributed by atoms with Crippen LogP contribution in [0.5, 0.6) is 11.5 Å². The Labute approximate surface area is 139 Å². The number of nitro benzene ring substituents is 1. The average Bonchev–Trinajstić information content (AvgIpc) is 2.59. The van der Waals surface area contributed by atoms with Crippen LogP contribution in [0.25, 0.3) is 0 Å². The lowest BCUT2D eigenvalue weighted by molar-refractivity contribution is -0.384. The van der Waals surface area contributed by atoms with E-state index in [1.807, 2.05) is 6.92 Å². The molecule has 1 N–H and O–H groups in total. The van der Waals surface area contributed by atoms with Crippen molar-refractivity contribution in [3.8, 4) is 11.5 Å². The Morgan fingerprint density at radius 1 is 1.21 bits per heavy atom. The Kier molecular flexibility index (Phi) is 5.73.